The van der Waals surface area contributed by atoms with Crippen molar-refractivity contribution in [3.63, 3.8) is 0 Å². The number of aliphatic hydroxyl groups excluding tert-OH is 1. The molecule has 0 heterocycles. The van der Waals surface area contributed by atoms with Crippen LogP contribution in [0, 0.1) is 26.2 Å². The highest BCUT2D eigenvalue weighted by atomic mass is 16.3. The monoisotopic (exact) mass is 248 g/mol. The first-order chi connectivity index (χ1) is 8.19. The lowest BCUT2D eigenvalue weighted by molar-refractivity contribution is 0.145. The van der Waals surface area contributed by atoms with E-state index in [1.807, 2.05) is 0 Å². The van der Waals surface area contributed by atoms with Crippen molar-refractivity contribution in [2.75, 3.05) is 0 Å². The van der Waals surface area contributed by atoms with Crippen molar-refractivity contribution in [1.29, 1.82) is 0 Å². The van der Waals surface area contributed by atoms with Crippen LogP contribution in [-0.2, 0) is 6.42 Å². The first-order valence-corrected chi connectivity index (χ1v) is 6.94. The van der Waals surface area contributed by atoms with Crippen LogP contribution in [0.3, 0.4) is 0 Å². The highest BCUT2D eigenvalue weighted by Crippen LogP contribution is 2.24. The first-order valence-electron chi connectivity index (χ1n) is 6.94. The van der Waals surface area contributed by atoms with Crippen molar-refractivity contribution in [3.05, 3.63) is 34.4 Å². The standard InChI is InChI=1S/C17H28O/c1-12-9-13(2)16(14(3)10-12)11-15(18)7-8-17(4,5)6/h9-10,15,18H,7-8,11H2,1-6H3. The fourth-order valence-corrected chi connectivity index (χ4v) is 2.47. The van der Waals surface area contributed by atoms with Crippen molar-refractivity contribution >= 4 is 0 Å². The Balaban J connectivity index is 2.68. The predicted octanol–water partition coefficient (Wildman–Crippen LogP) is 4.34. The molecule has 1 unspecified atom stereocenters. The van der Waals surface area contributed by atoms with Crippen LogP contribution in [0.15, 0.2) is 12.1 Å². The summed E-state index contributed by atoms with van der Waals surface area (Å²) in [6.07, 6.45) is 2.52. The molecular formula is C17H28O. The summed E-state index contributed by atoms with van der Waals surface area (Å²) < 4.78 is 0. The lowest BCUT2D eigenvalue weighted by Crippen LogP contribution is -2.16. The molecule has 1 aromatic carbocycles. The normalized spacial score (nSPS) is 13.7. The lowest BCUT2D eigenvalue weighted by Gasteiger charge is -2.21. The van der Waals surface area contributed by atoms with Gasteiger partial charge in [-0.25, -0.2) is 0 Å². The second kappa shape index (κ2) is 5.88. The van der Waals surface area contributed by atoms with Crippen molar-refractivity contribution in [2.45, 2.75) is 66.9 Å². The Labute approximate surface area is 112 Å². The van der Waals surface area contributed by atoms with E-state index in [4.69, 9.17) is 0 Å². The second-order valence-corrected chi connectivity index (χ2v) is 6.83. The summed E-state index contributed by atoms with van der Waals surface area (Å²) in [6.45, 7) is 13.1. The molecule has 0 bridgehead atoms. The van der Waals surface area contributed by atoms with Gasteiger partial charge in [-0.05, 0) is 62.1 Å². The van der Waals surface area contributed by atoms with Crippen molar-refractivity contribution in [2.24, 2.45) is 5.41 Å². The van der Waals surface area contributed by atoms with E-state index in [-0.39, 0.29) is 6.10 Å². The summed E-state index contributed by atoms with van der Waals surface area (Å²) in [6, 6.07) is 4.41. The number of benzene rings is 1. The largest absolute Gasteiger partial charge is 0.393 e. The number of hydrogen-bond donors (Lipinski definition) is 1. The molecule has 102 valence electrons. The molecule has 0 fully saturated rings. The molecule has 0 saturated heterocycles. The molecule has 0 aromatic heterocycles. The van der Waals surface area contributed by atoms with Crippen molar-refractivity contribution < 1.29 is 5.11 Å². The molecule has 0 saturated carbocycles. The smallest absolute Gasteiger partial charge is 0.0581 e. The zero-order valence-electron chi connectivity index (χ0n) is 12.8. The maximum atomic E-state index is 10.2. The van der Waals surface area contributed by atoms with Crippen LogP contribution in [0.1, 0.15) is 55.9 Å². The highest BCUT2D eigenvalue weighted by Gasteiger charge is 2.15. The Bertz CT molecular complexity index is 376. The van der Waals surface area contributed by atoms with Crippen LogP contribution in [0.25, 0.3) is 0 Å². The molecular weight excluding hydrogens is 220 g/mol. The maximum absolute atomic E-state index is 10.2. The van der Waals surface area contributed by atoms with Gasteiger partial charge < -0.3 is 5.11 Å². The Hall–Kier alpha value is -0.820. The molecule has 0 aliphatic carbocycles. The minimum atomic E-state index is -0.218. The topological polar surface area (TPSA) is 20.2 Å². The lowest BCUT2D eigenvalue weighted by atomic mass is 9.87. The van der Waals surface area contributed by atoms with Crippen LogP contribution in [0.2, 0.25) is 0 Å². The van der Waals surface area contributed by atoms with Gasteiger partial charge >= 0.3 is 0 Å². The number of aliphatic hydroxyl groups is 1. The summed E-state index contributed by atoms with van der Waals surface area (Å²) in [4.78, 5) is 0. The fraction of sp³-hybridized carbons (Fsp3) is 0.647. The zero-order valence-corrected chi connectivity index (χ0v) is 12.8. The molecule has 0 amide bonds. The van der Waals surface area contributed by atoms with Crippen LogP contribution >= 0.6 is 0 Å². The van der Waals surface area contributed by atoms with Gasteiger partial charge in [0.15, 0.2) is 0 Å². The van der Waals surface area contributed by atoms with E-state index < -0.39 is 0 Å². The van der Waals surface area contributed by atoms with Crippen molar-refractivity contribution in [3.8, 4) is 0 Å². The molecule has 18 heavy (non-hydrogen) atoms. The Morgan fingerprint density at radius 3 is 2.00 bits per heavy atom. The first kappa shape index (κ1) is 15.2. The molecule has 0 spiro atoms. The fourth-order valence-electron chi connectivity index (χ4n) is 2.47. The quantitative estimate of drug-likeness (QED) is 0.840. The minimum Gasteiger partial charge on any atom is -0.393 e. The molecule has 0 aliphatic heterocycles. The Morgan fingerprint density at radius 1 is 1.06 bits per heavy atom. The summed E-state index contributed by atoms with van der Waals surface area (Å²) in [7, 11) is 0. The SMILES string of the molecule is Cc1cc(C)c(CC(O)CCC(C)(C)C)c(C)c1. The second-order valence-electron chi connectivity index (χ2n) is 6.83. The van der Waals surface area contributed by atoms with E-state index in [1.54, 1.807) is 0 Å². The van der Waals surface area contributed by atoms with Gasteiger partial charge in [-0.2, -0.15) is 0 Å². The summed E-state index contributed by atoms with van der Waals surface area (Å²) in [5, 5.41) is 10.2. The van der Waals surface area contributed by atoms with Crippen molar-refractivity contribution in [1.82, 2.24) is 0 Å². The maximum Gasteiger partial charge on any atom is 0.0581 e. The van der Waals surface area contributed by atoms with Gasteiger partial charge in [-0.1, -0.05) is 38.5 Å². The van der Waals surface area contributed by atoms with Gasteiger partial charge in [0.1, 0.15) is 0 Å². The number of rotatable bonds is 4. The van der Waals surface area contributed by atoms with E-state index in [1.165, 1.54) is 22.3 Å². The molecule has 1 N–H and O–H groups in total. The third kappa shape index (κ3) is 4.81. The van der Waals surface area contributed by atoms with E-state index in [0.717, 1.165) is 19.3 Å². The van der Waals surface area contributed by atoms with Gasteiger partial charge in [0.05, 0.1) is 6.10 Å². The Morgan fingerprint density at radius 2 is 1.56 bits per heavy atom. The van der Waals surface area contributed by atoms with Gasteiger partial charge in [0, 0.05) is 0 Å². The van der Waals surface area contributed by atoms with Gasteiger partial charge in [0.25, 0.3) is 0 Å². The van der Waals surface area contributed by atoms with Gasteiger partial charge in [-0.15, -0.1) is 0 Å². The zero-order chi connectivity index (χ0) is 13.9. The van der Waals surface area contributed by atoms with E-state index in [9.17, 15) is 5.11 Å². The summed E-state index contributed by atoms with van der Waals surface area (Å²) >= 11 is 0. The van der Waals surface area contributed by atoms with Crippen LogP contribution < -0.4 is 0 Å². The molecule has 1 aromatic rings. The summed E-state index contributed by atoms with van der Waals surface area (Å²) in [5.74, 6) is 0. The Kier molecular flexibility index (Phi) is 4.98. The molecule has 0 aliphatic rings. The van der Waals surface area contributed by atoms with Gasteiger partial charge in [-0.3, -0.25) is 0 Å². The summed E-state index contributed by atoms with van der Waals surface area (Å²) in [5.41, 5.74) is 5.54. The van der Waals surface area contributed by atoms with E-state index in [0.29, 0.717) is 5.41 Å². The number of aryl methyl sites for hydroxylation is 3. The molecule has 0 radical (unpaired) electrons. The van der Waals surface area contributed by atoms with Crippen LogP contribution in [0.4, 0.5) is 0 Å². The molecule has 1 rings (SSSR count). The van der Waals surface area contributed by atoms with Gasteiger partial charge in [0.2, 0.25) is 0 Å². The third-order valence-corrected chi connectivity index (χ3v) is 3.51. The molecule has 1 heteroatoms. The molecule has 1 atom stereocenters. The predicted molar refractivity (Wildman–Crippen MR) is 79.1 cm³/mol. The average Bonchev–Trinajstić information content (AvgIpc) is 2.19. The minimum absolute atomic E-state index is 0.218. The van der Waals surface area contributed by atoms with E-state index in [2.05, 4.69) is 53.7 Å². The molecule has 1 nitrogen and oxygen atoms in total. The third-order valence-electron chi connectivity index (χ3n) is 3.51. The highest BCUT2D eigenvalue weighted by molar-refractivity contribution is 5.37. The van der Waals surface area contributed by atoms with E-state index >= 15 is 0 Å². The van der Waals surface area contributed by atoms with Crippen LogP contribution in [0.5, 0.6) is 0 Å². The average molecular weight is 248 g/mol. The number of hydrogen-bond acceptors (Lipinski definition) is 1. The van der Waals surface area contributed by atoms with Crippen LogP contribution in [-0.4, -0.2) is 11.2 Å².